The molecule has 0 atom stereocenters. The van der Waals surface area contributed by atoms with Crippen LogP contribution in [0, 0.1) is 0 Å². The molecular weight excluding hydrogens is 236 g/mol. The lowest BCUT2D eigenvalue weighted by atomic mass is 10.2. The fraction of sp³-hybridized carbons (Fsp3) is 0. The quantitative estimate of drug-likeness (QED) is 0.824. The smallest absolute Gasteiger partial charge is 0.235 e. The number of aromatic nitrogens is 1. The number of primary sulfonamides is 1. The molecule has 2 N–H and O–H groups in total. The monoisotopic (exact) mass is 242 g/mol. The first-order valence-corrected chi connectivity index (χ1v) is 5.98. The van der Waals surface area contributed by atoms with Crippen molar-refractivity contribution < 1.29 is 8.42 Å². The Labute approximate surface area is 91.7 Å². The Morgan fingerprint density at radius 1 is 1.20 bits per heavy atom. The van der Waals surface area contributed by atoms with E-state index in [1.807, 2.05) is 0 Å². The van der Waals surface area contributed by atoms with Crippen molar-refractivity contribution in [1.82, 2.24) is 4.98 Å². The number of benzene rings is 1. The largest absolute Gasteiger partial charge is 0.255 e. The van der Waals surface area contributed by atoms with Crippen LogP contribution >= 0.6 is 11.6 Å². The molecule has 0 fully saturated rings. The number of hydrogen-bond donors (Lipinski definition) is 1. The maximum atomic E-state index is 11.0. The molecule has 1 aromatic heterocycles. The number of halogens is 1. The summed E-state index contributed by atoms with van der Waals surface area (Å²) in [5.41, 5.74) is 0.547. The molecule has 0 amide bonds. The van der Waals surface area contributed by atoms with Crippen LogP contribution in [0.2, 0.25) is 5.02 Å². The summed E-state index contributed by atoms with van der Waals surface area (Å²) in [5.74, 6) is 0. The Bertz CT molecular complexity index is 625. The minimum atomic E-state index is -3.75. The minimum Gasteiger partial charge on any atom is -0.235 e. The third kappa shape index (κ3) is 2.09. The molecule has 0 radical (unpaired) electrons. The van der Waals surface area contributed by atoms with Gasteiger partial charge in [-0.25, -0.2) is 18.5 Å². The molecule has 6 heteroatoms. The lowest BCUT2D eigenvalue weighted by Gasteiger charge is -2.00. The highest BCUT2D eigenvalue weighted by molar-refractivity contribution is 7.89. The molecule has 1 heterocycles. The Morgan fingerprint density at radius 3 is 2.60 bits per heavy atom. The van der Waals surface area contributed by atoms with E-state index in [1.165, 1.54) is 6.07 Å². The molecule has 2 aromatic rings. The molecule has 4 nitrogen and oxygen atoms in total. The lowest BCUT2D eigenvalue weighted by Crippen LogP contribution is -2.13. The highest BCUT2D eigenvalue weighted by atomic mass is 35.5. The first kappa shape index (κ1) is 10.4. The van der Waals surface area contributed by atoms with Gasteiger partial charge in [0.2, 0.25) is 0 Å². The van der Waals surface area contributed by atoms with Crippen molar-refractivity contribution in [3.05, 3.63) is 35.4 Å². The van der Waals surface area contributed by atoms with E-state index in [2.05, 4.69) is 4.98 Å². The Kier molecular flexibility index (Phi) is 2.38. The Morgan fingerprint density at radius 2 is 1.93 bits per heavy atom. The number of nitrogens with zero attached hydrogens (tertiary/aromatic N) is 1. The van der Waals surface area contributed by atoms with Crippen molar-refractivity contribution in [1.29, 1.82) is 0 Å². The van der Waals surface area contributed by atoms with Crippen LogP contribution in [0.3, 0.4) is 0 Å². The number of hydrogen-bond acceptors (Lipinski definition) is 3. The van der Waals surface area contributed by atoms with E-state index in [1.54, 1.807) is 24.3 Å². The standard InChI is InChI=1S/C9H7ClN2O2S/c10-7-2-3-8-6(5-7)1-4-9(12-8)15(11,13)14/h1-5H,(H2,11,13,14). The molecule has 2 rings (SSSR count). The van der Waals surface area contributed by atoms with Gasteiger partial charge < -0.3 is 0 Å². The van der Waals surface area contributed by atoms with Crippen molar-refractivity contribution in [3.8, 4) is 0 Å². The van der Waals surface area contributed by atoms with Gasteiger partial charge in [-0.05, 0) is 30.3 Å². The van der Waals surface area contributed by atoms with Gasteiger partial charge in [-0.15, -0.1) is 0 Å². The van der Waals surface area contributed by atoms with Crippen molar-refractivity contribution in [2.45, 2.75) is 5.03 Å². The molecule has 78 valence electrons. The average molecular weight is 243 g/mol. The zero-order chi connectivity index (χ0) is 11.1. The summed E-state index contributed by atoms with van der Waals surface area (Å²) < 4.78 is 22.1. The van der Waals surface area contributed by atoms with Gasteiger partial charge in [0.15, 0.2) is 5.03 Å². The lowest BCUT2D eigenvalue weighted by molar-refractivity contribution is 0.594. The second-order valence-corrected chi connectivity index (χ2v) is 4.98. The Balaban J connectivity index is 2.73. The predicted molar refractivity (Wildman–Crippen MR) is 58.1 cm³/mol. The summed E-state index contributed by atoms with van der Waals surface area (Å²) in [7, 11) is -3.75. The van der Waals surface area contributed by atoms with Crippen LogP contribution in [0.1, 0.15) is 0 Å². The van der Waals surface area contributed by atoms with Gasteiger partial charge in [0.25, 0.3) is 10.0 Å². The molecule has 0 saturated carbocycles. The van der Waals surface area contributed by atoms with E-state index in [0.29, 0.717) is 10.5 Å². The van der Waals surface area contributed by atoms with Crippen LogP contribution < -0.4 is 5.14 Å². The SMILES string of the molecule is NS(=O)(=O)c1ccc2cc(Cl)ccc2n1. The fourth-order valence-corrected chi connectivity index (χ4v) is 1.90. The molecule has 1 aromatic carbocycles. The zero-order valence-corrected chi connectivity index (χ0v) is 9.09. The first-order valence-electron chi connectivity index (χ1n) is 4.06. The van der Waals surface area contributed by atoms with Crippen molar-refractivity contribution >= 4 is 32.5 Å². The van der Waals surface area contributed by atoms with Gasteiger partial charge in [-0.1, -0.05) is 11.6 Å². The van der Waals surface area contributed by atoms with Crippen LogP contribution in [0.5, 0.6) is 0 Å². The minimum absolute atomic E-state index is 0.141. The average Bonchev–Trinajstić information content (AvgIpc) is 2.15. The van der Waals surface area contributed by atoms with Gasteiger partial charge in [-0.2, -0.15) is 0 Å². The third-order valence-corrected chi connectivity index (χ3v) is 2.96. The maximum Gasteiger partial charge on any atom is 0.255 e. The van der Waals surface area contributed by atoms with Crippen LogP contribution in [0.15, 0.2) is 35.4 Å². The van der Waals surface area contributed by atoms with E-state index < -0.39 is 10.0 Å². The first-order chi connectivity index (χ1) is 6.97. The molecule has 15 heavy (non-hydrogen) atoms. The van der Waals surface area contributed by atoms with Gasteiger partial charge in [0.05, 0.1) is 5.52 Å². The molecule has 0 aliphatic heterocycles. The molecule has 0 saturated heterocycles. The molecule has 0 bridgehead atoms. The predicted octanol–water partition coefficient (Wildman–Crippen LogP) is 1.54. The summed E-state index contributed by atoms with van der Waals surface area (Å²) in [6.45, 7) is 0. The molecular formula is C9H7ClN2O2S. The summed E-state index contributed by atoms with van der Waals surface area (Å²) in [6, 6.07) is 7.97. The van der Waals surface area contributed by atoms with Crippen LogP contribution in [0.4, 0.5) is 0 Å². The molecule has 0 aliphatic rings. The zero-order valence-electron chi connectivity index (χ0n) is 7.51. The van der Waals surface area contributed by atoms with Crippen molar-refractivity contribution in [2.75, 3.05) is 0 Å². The second kappa shape index (κ2) is 3.44. The normalized spacial score (nSPS) is 11.9. The topological polar surface area (TPSA) is 73.1 Å². The van der Waals surface area contributed by atoms with Gasteiger partial charge in [0.1, 0.15) is 0 Å². The maximum absolute atomic E-state index is 11.0. The summed E-state index contributed by atoms with van der Waals surface area (Å²) in [6.07, 6.45) is 0. The highest BCUT2D eigenvalue weighted by Gasteiger charge is 2.09. The number of nitrogens with two attached hydrogens (primary N) is 1. The highest BCUT2D eigenvalue weighted by Crippen LogP contribution is 2.18. The van der Waals surface area contributed by atoms with E-state index in [0.717, 1.165) is 5.39 Å². The summed E-state index contributed by atoms with van der Waals surface area (Å²) in [4.78, 5) is 3.92. The third-order valence-electron chi connectivity index (χ3n) is 1.92. The van der Waals surface area contributed by atoms with E-state index in [9.17, 15) is 8.42 Å². The van der Waals surface area contributed by atoms with E-state index in [-0.39, 0.29) is 5.03 Å². The second-order valence-electron chi connectivity index (χ2n) is 3.03. The number of fused-ring (bicyclic) bond motifs is 1. The number of pyridine rings is 1. The van der Waals surface area contributed by atoms with Crippen molar-refractivity contribution in [2.24, 2.45) is 5.14 Å². The van der Waals surface area contributed by atoms with Crippen LogP contribution in [-0.2, 0) is 10.0 Å². The van der Waals surface area contributed by atoms with Crippen molar-refractivity contribution in [3.63, 3.8) is 0 Å². The summed E-state index contributed by atoms with van der Waals surface area (Å²) >= 11 is 5.78. The number of rotatable bonds is 1. The number of sulfonamides is 1. The van der Waals surface area contributed by atoms with Gasteiger partial charge in [-0.3, -0.25) is 0 Å². The molecule has 0 aliphatic carbocycles. The van der Waals surface area contributed by atoms with Crippen LogP contribution in [-0.4, -0.2) is 13.4 Å². The van der Waals surface area contributed by atoms with E-state index >= 15 is 0 Å². The molecule has 0 unspecified atom stereocenters. The molecule has 0 spiro atoms. The summed E-state index contributed by atoms with van der Waals surface area (Å²) in [5, 5.41) is 6.17. The van der Waals surface area contributed by atoms with E-state index in [4.69, 9.17) is 16.7 Å². The van der Waals surface area contributed by atoms with Crippen LogP contribution in [0.25, 0.3) is 10.9 Å². The van der Waals surface area contributed by atoms with Gasteiger partial charge >= 0.3 is 0 Å². The van der Waals surface area contributed by atoms with Gasteiger partial charge in [0, 0.05) is 10.4 Å². The Hall–Kier alpha value is -1.17. The fourth-order valence-electron chi connectivity index (χ4n) is 1.24.